The van der Waals surface area contributed by atoms with Gasteiger partial charge in [0.15, 0.2) is 0 Å². The van der Waals surface area contributed by atoms with E-state index in [4.69, 9.17) is 4.74 Å². The van der Waals surface area contributed by atoms with Gasteiger partial charge in [-0.1, -0.05) is 15.9 Å². The maximum absolute atomic E-state index is 11.7. The number of hydrogen-bond donors (Lipinski definition) is 2. The second-order valence-corrected chi connectivity index (χ2v) is 7.28. The van der Waals surface area contributed by atoms with Crippen molar-refractivity contribution in [1.82, 2.24) is 4.72 Å². The van der Waals surface area contributed by atoms with Crippen LogP contribution >= 0.6 is 38.5 Å². The van der Waals surface area contributed by atoms with E-state index in [0.717, 1.165) is 4.47 Å². The van der Waals surface area contributed by atoms with Crippen molar-refractivity contribution < 1.29 is 17.9 Å². The van der Waals surface area contributed by atoms with Crippen LogP contribution in [0.1, 0.15) is 13.8 Å². The van der Waals surface area contributed by atoms with Crippen molar-refractivity contribution in [3.63, 3.8) is 0 Å². The summed E-state index contributed by atoms with van der Waals surface area (Å²) in [5.74, 6) is 0. The van der Waals surface area contributed by atoms with Crippen LogP contribution in [0.25, 0.3) is 0 Å². The fourth-order valence-corrected chi connectivity index (χ4v) is 2.89. The Balaban J connectivity index is 2.80. The second kappa shape index (κ2) is 6.75. The first-order valence-electron chi connectivity index (χ1n) is 5.16. The third-order valence-electron chi connectivity index (χ3n) is 1.73. The molecule has 0 bridgehead atoms. The molecule has 0 saturated heterocycles. The number of benzene rings is 1. The molecule has 6 nitrogen and oxygen atoms in total. The first kappa shape index (κ1) is 16.5. The van der Waals surface area contributed by atoms with Gasteiger partial charge < -0.3 is 4.74 Å². The van der Waals surface area contributed by atoms with Gasteiger partial charge in [0.25, 0.3) is 0 Å². The van der Waals surface area contributed by atoms with Crippen molar-refractivity contribution >= 4 is 60.5 Å². The van der Waals surface area contributed by atoms with Crippen molar-refractivity contribution in [3.05, 3.63) is 26.2 Å². The monoisotopic (exact) mass is 462 g/mol. The quantitative estimate of drug-likeness (QED) is 0.674. The zero-order chi connectivity index (χ0) is 14.6. The van der Waals surface area contributed by atoms with E-state index in [9.17, 15) is 13.2 Å². The van der Waals surface area contributed by atoms with Gasteiger partial charge in [0.05, 0.1) is 11.8 Å². The van der Waals surface area contributed by atoms with Gasteiger partial charge in [-0.25, -0.2) is 9.52 Å². The molecule has 1 rings (SSSR count). The molecule has 106 valence electrons. The lowest BCUT2D eigenvalue weighted by Gasteiger charge is -2.12. The Hall–Kier alpha value is -0.550. The number of nitrogens with one attached hydrogen (secondary N) is 2. The standard InChI is InChI=1S/C10H12BrIN2O4S/c1-6(2)18-10(15)14-19(16,17)13-9-5-7(11)3-4-8(9)12/h3-6,13H,1-2H3,(H,14,15). The summed E-state index contributed by atoms with van der Waals surface area (Å²) in [5.41, 5.74) is 0.361. The van der Waals surface area contributed by atoms with Gasteiger partial charge >= 0.3 is 16.3 Å². The van der Waals surface area contributed by atoms with Crippen molar-refractivity contribution in [2.75, 3.05) is 4.72 Å². The van der Waals surface area contributed by atoms with Crippen LogP contribution in [0, 0.1) is 3.57 Å². The van der Waals surface area contributed by atoms with E-state index in [0.29, 0.717) is 9.26 Å². The fraction of sp³-hybridized carbons (Fsp3) is 0.300. The molecule has 1 aromatic rings. The van der Waals surface area contributed by atoms with E-state index in [1.54, 1.807) is 36.8 Å². The summed E-state index contributed by atoms with van der Waals surface area (Å²) in [7, 11) is -4.02. The SMILES string of the molecule is CC(C)OC(=O)NS(=O)(=O)Nc1cc(Br)ccc1I. The summed E-state index contributed by atoms with van der Waals surface area (Å²) < 4.78 is 33.6. The molecule has 1 aromatic carbocycles. The predicted molar refractivity (Wildman–Crippen MR) is 84.2 cm³/mol. The number of hydrogen-bond acceptors (Lipinski definition) is 4. The number of ether oxygens (including phenoxy) is 1. The van der Waals surface area contributed by atoms with Crippen LogP contribution in [0.3, 0.4) is 0 Å². The molecule has 0 aliphatic carbocycles. The molecule has 9 heteroatoms. The lowest BCUT2D eigenvalue weighted by molar-refractivity contribution is 0.121. The number of carbonyl (C=O) groups is 1. The van der Waals surface area contributed by atoms with Gasteiger partial charge in [-0.3, -0.25) is 4.72 Å². The van der Waals surface area contributed by atoms with E-state index in [-0.39, 0.29) is 0 Å². The summed E-state index contributed by atoms with van der Waals surface area (Å²) >= 11 is 5.22. The summed E-state index contributed by atoms with van der Waals surface area (Å²) in [5, 5.41) is 0. The highest BCUT2D eigenvalue weighted by molar-refractivity contribution is 14.1. The third kappa shape index (κ3) is 5.95. The van der Waals surface area contributed by atoms with E-state index >= 15 is 0 Å². The van der Waals surface area contributed by atoms with Gasteiger partial charge in [-0.2, -0.15) is 8.42 Å². The first-order chi connectivity index (χ1) is 8.69. The lowest BCUT2D eigenvalue weighted by atomic mass is 10.3. The average Bonchev–Trinajstić information content (AvgIpc) is 2.20. The highest BCUT2D eigenvalue weighted by Crippen LogP contribution is 2.23. The summed E-state index contributed by atoms with van der Waals surface area (Å²) in [6, 6.07) is 5.10. The molecule has 0 saturated carbocycles. The van der Waals surface area contributed by atoms with Gasteiger partial charge in [-0.05, 0) is 54.6 Å². The van der Waals surface area contributed by atoms with Crippen LogP contribution in [0.4, 0.5) is 10.5 Å². The molecule has 0 atom stereocenters. The Morgan fingerprint density at radius 3 is 2.63 bits per heavy atom. The minimum Gasteiger partial charge on any atom is -0.446 e. The van der Waals surface area contributed by atoms with Crippen LogP contribution in [0.2, 0.25) is 0 Å². The number of anilines is 1. The van der Waals surface area contributed by atoms with Crippen molar-refractivity contribution in [2.45, 2.75) is 20.0 Å². The van der Waals surface area contributed by atoms with E-state index in [1.165, 1.54) is 0 Å². The van der Waals surface area contributed by atoms with Crippen molar-refractivity contribution in [1.29, 1.82) is 0 Å². The normalized spacial score (nSPS) is 11.2. The minimum atomic E-state index is -4.02. The Morgan fingerprint density at radius 2 is 2.05 bits per heavy atom. The smallest absolute Gasteiger partial charge is 0.422 e. The molecule has 0 aromatic heterocycles. The Kier molecular flexibility index (Phi) is 5.86. The van der Waals surface area contributed by atoms with E-state index in [2.05, 4.69) is 20.7 Å². The Labute approximate surface area is 133 Å². The number of amides is 1. The Morgan fingerprint density at radius 1 is 1.42 bits per heavy atom. The van der Waals surface area contributed by atoms with Gasteiger partial charge in [0.1, 0.15) is 0 Å². The molecule has 0 aliphatic rings. The van der Waals surface area contributed by atoms with Crippen molar-refractivity contribution in [2.24, 2.45) is 0 Å². The van der Waals surface area contributed by atoms with Crippen LogP contribution in [-0.4, -0.2) is 20.6 Å². The van der Waals surface area contributed by atoms with E-state index < -0.39 is 22.4 Å². The summed E-state index contributed by atoms with van der Waals surface area (Å²) in [4.78, 5) is 11.2. The molecule has 1 amide bonds. The van der Waals surface area contributed by atoms with Crippen LogP contribution in [-0.2, 0) is 14.9 Å². The Bertz CT molecular complexity index is 577. The highest BCUT2D eigenvalue weighted by Gasteiger charge is 2.17. The molecule has 0 fully saturated rings. The molecule has 0 spiro atoms. The maximum Gasteiger partial charge on any atom is 0.422 e. The number of halogens is 2. The average molecular weight is 463 g/mol. The van der Waals surface area contributed by atoms with Crippen molar-refractivity contribution in [3.8, 4) is 0 Å². The van der Waals surface area contributed by atoms with E-state index in [1.807, 2.05) is 22.6 Å². The largest absolute Gasteiger partial charge is 0.446 e. The molecular formula is C10H12BrIN2O4S. The maximum atomic E-state index is 11.7. The topological polar surface area (TPSA) is 84.5 Å². The van der Waals surface area contributed by atoms with Gasteiger partial charge in [0, 0.05) is 8.04 Å². The first-order valence-corrected chi connectivity index (χ1v) is 8.51. The molecular weight excluding hydrogens is 451 g/mol. The summed E-state index contributed by atoms with van der Waals surface area (Å²) in [6.07, 6.45) is -1.42. The zero-order valence-corrected chi connectivity index (χ0v) is 14.7. The molecule has 19 heavy (non-hydrogen) atoms. The van der Waals surface area contributed by atoms with Crippen LogP contribution in [0.5, 0.6) is 0 Å². The second-order valence-electron chi connectivity index (χ2n) is 3.79. The van der Waals surface area contributed by atoms with Crippen LogP contribution < -0.4 is 9.44 Å². The number of carbonyl (C=O) groups excluding carboxylic acids is 1. The molecule has 0 radical (unpaired) electrons. The minimum absolute atomic E-state index is 0.361. The van der Waals surface area contributed by atoms with Crippen LogP contribution in [0.15, 0.2) is 22.7 Å². The summed E-state index contributed by atoms with van der Waals surface area (Å²) in [6.45, 7) is 3.24. The third-order valence-corrected chi connectivity index (χ3v) is 4.09. The van der Waals surface area contributed by atoms with Gasteiger partial charge in [0.2, 0.25) is 0 Å². The molecule has 0 unspecified atom stereocenters. The fourth-order valence-electron chi connectivity index (χ4n) is 1.09. The zero-order valence-electron chi connectivity index (χ0n) is 10.1. The van der Waals surface area contributed by atoms with Gasteiger partial charge in [-0.15, -0.1) is 0 Å². The molecule has 2 N–H and O–H groups in total. The number of rotatable bonds is 4. The lowest BCUT2D eigenvalue weighted by Crippen LogP contribution is -2.37. The predicted octanol–water partition coefficient (Wildman–Crippen LogP) is 2.85. The molecule has 0 heterocycles. The highest BCUT2D eigenvalue weighted by atomic mass is 127. The molecule has 0 aliphatic heterocycles.